The summed E-state index contributed by atoms with van der Waals surface area (Å²) in [6.45, 7) is 11.5. The number of thioether (sulfide) groups is 1. The van der Waals surface area contributed by atoms with Crippen molar-refractivity contribution in [2.45, 2.75) is 58.9 Å². The molecule has 2 heterocycles. The lowest BCUT2D eigenvalue weighted by molar-refractivity contribution is 0.175. The molecule has 2 aliphatic heterocycles. The highest BCUT2D eigenvalue weighted by atomic mass is 32.2. The molecule has 0 aromatic heterocycles. The topological polar surface area (TPSA) is 27.6 Å². The first-order valence-corrected chi connectivity index (χ1v) is 9.33. The van der Waals surface area contributed by atoms with Crippen molar-refractivity contribution < 1.29 is 0 Å². The Kier molecular flexibility index (Phi) is 6.21. The van der Waals surface area contributed by atoms with E-state index in [0.29, 0.717) is 11.5 Å². The van der Waals surface area contributed by atoms with E-state index in [9.17, 15) is 0 Å². The third-order valence-electron chi connectivity index (χ3n) is 5.14. The molecule has 0 aliphatic carbocycles. The second-order valence-corrected chi connectivity index (χ2v) is 7.41. The third kappa shape index (κ3) is 4.14. The summed E-state index contributed by atoms with van der Waals surface area (Å²) in [6.07, 6.45) is 6.65. The average molecular weight is 298 g/mol. The van der Waals surface area contributed by atoms with Gasteiger partial charge in [-0.05, 0) is 51.1 Å². The van der Waals surface area contributed by atoms with Crippen LogP contribution in [0.1, 0.15) is 52.9 Å². The zero-order chi connectivity index (χ0) is 14.4. The van der Waals surface area contributed by atoms with Gasteiger partial charge in [-0.15, -0.1) is 0 Å². The van der Waals surface area contributed by atoms with Gasteiger partial charge >= 0.3 is 0 Å². The molecule has 3 nitrogen and oxygen atoms in total. The number of aliphatic imine (C=N–C) groups is 1. The lowest BCUT2D eigenvalue weighted by Crippen LogP contribution is -2.45. The Morgan fingerprint density at radius 1 is 1.25 bits per heavy atom. The average Bonchev–Trinajstić information content (AvgIpc) is 2.54. The summed E-state index contributed by atoms with van der Waals surface area (Å²) in [5.74, 6) is 1.23. The molecule has 2 rings (SSSR count). The Morgan fingerprint density at radius 3 is 2.50 bits per heavy atom. The minimum atomic E-state index is 0.453. The lowest BCUT2D eigenvalue weighted by Gasteiger charge is -2.35. The number of likely N-dealkylation sites (tertiary alicyclic amines) is 1. The van der Waals surface area contributed by atoms with Gasteiger partial charge in [0.15, 0.2) is 5.17 Å². The maximum absolute atomic E-state index is 4.79. The maximum atomic E-state index is 4.79. The number of hydrogen-bond donors (Lipinski definition) is 1. The monoisotopic (exact) mass is 297 g/mol. The minimum absolute atomic E-state index is 0.453. The van der Waals surface area contributed by atoms with Crippen LogP contribution in [0.3, 0.4) is 0 Å². The third-order valence-corrected chi connectivity index (χ3v) is 6.44. The molecule has 1 fully saturated rings. The van der Waals surface area contributed by atoms with Crippen LogP contribution in [-0.2, 0) is 0 Å². The SMILES string of the molecule is CCC1(CC)CN=C(NCC(C)N2CCCCC2)SC1. The number of piperidine rings is 1. The molecule has 0 amide bonds. The second kappa shape index (κ2) is 7.69. The molecule has 116 valence electrons. The van der Waals surface area contributed by atoms with Gasteiger partial charge in [0, 0.05) is 24.9 Å². The molecular weight excluding hydrogens is 266 g/mol. The number of rotatable bonds is 5. The Labute approximate surface area is 129 Å². The van der Waals surface area contributed by atoms with Crippen molar-refractivity contribution in [2.24, 2.45) is 10.4 Å². The van der Waals surface area contributed by atoms with E-state index >= 15 is 0 Å². The van der Waals surface area contributed by atoms with Gasteiger partial charge in [-0.25, -0.2) is 0 Å². The Morgan fingerprint density at radius 2 is 1.95 bits per heavy atom. The predicted octanol–water partition coefficient (Wildman–Crippen LogP) is 3.36. The van der Waals surface area contributed by atoms with E-state index < -0.39 is 0 Å². The van der Waals surface area contributed by atoms with Gasteiger partial charge in [0.2, 0.25) is 0 Å². The first-order valence-electron chi connectivity index (χ1n) is 8.34. The summed E-state index contributed by atoms with van der Waals surface area (Å²) in [6, 6.07) is 0.627. The summed E-state index contributed by atoms with van der Waals surface area (Å²) in [5, 5.41) is 4.75. The molecular formula is C16H31N3S. The maximum Gasteiger partial charge on any atom is 0.156 e. The van der Waals surface area contributed by atoms with E-state index in [0.717, 1.165) is 13.1 Å². The van der Waals surface area contributed by atoms with E-state index in [2.05, 4.69) is 31.0 Å². The number of nitrogens with one attached hydrogen (secondary N) is 1. The number of amidine groups is 1. The fraction of sp³-hybridized carbons (Fsp3) is 0.938. The van der Waals surface area contributed by atoms with E-state index in [1.165, 1.54) is 56.1 Å². The molecule has 0 bridgehead atoms. The molecule has 4 heteroatoms. The summed E-state index contributed by atoms with van der Waals surface area (Å²) in [4.78, 5) is 7.41. The quantitative estimate of drug-likeness (QED) is 0.843. The van der Waals surface area contributed by atoms with Crippen LogP contribution in [0.5, 0.6) is 0 Å². The minimum Gasteiger partial charge on any atom is -0.363 e. The van der Waals surface area contributed by atoms with Crippen molar-refractivity contribution in [3.8, 4) is 0 Å². The Hall–Kier alpha value is -0.220. The zero-order valence-electron chi connectivity index (χ0n) is 13.5. The van der Waals surface area contributed by atoms with Crippen LogP contribution in [-0.4, -0.2) is 48.0 Å². The van der Waals surface area contributed by atoms with Gasteiger partial charge in [-0.3, -0.25) is 9.89 Å². The summed E-state index contributed by atoms with van der Waals surface area (Å²) in [7, 11) is 0. The summed E-state index contributed by atoms with van der Waals surface area (Å²) in [5.41, 5.74) is 0.453. The molecule has 1 atom stereocenters. The fourth-order valence-electron chi connectivity index (χ4n) is 3.06. The van der Waals surface area contributed by atoms with Crippen molar-refractivity contribution in [2.75, 3.05) is 31.9 Å². The van der Waals surface area contributed by atoms with Crippen LogP contribution in [0.2, 0.25) is 0 Å². The molecule has 1 N–H and O–H groups in total. The van der Waals surface area contributed by atoms with Gasteiger partial charge in [0.25, 0.3) is 0 Å². The van der Waals surface area contributed by atoms with Crippen LogP contribution in [0.25, 0.3) is 0 Å². The van der Waals surface area contributed by atoms with Gasteiger partial charge in [-0.1, -0.05) is 32.0 Å². The molecule has 0 aromatic carbocycles. The van der Waals surface area contributed by atoms with Gasteiger partial charge in [0.1, 0.15) is 0 Å². The standard InChI is InChI=1S/C16H31N3S/c1-4-16(5-2)12-18-15(20-13-16)17-11-14(3)19-9-7-6-8-10-19/h14H,4-13H2,1-3H3,(H,17,18). The second-order valence-electron chi connectivity index (χ2n) is 6.44. The zero-order valence-corrected chi connectivity index (χ0v) is 14.3. The smallest absolute Gasteiger partial charge is 0.156 e. The first kappa shape index (κ1) is 16.2. The molecule has 20 heavy (non-hydrogen) atoms. The first-order chi connectivity index (χ1) is 9.69. The molecule has 1 saturated heterocycles. The van der Waals surface area contributed by atoms with Crippen LogP contribution >= 0.6 is 11.8 Å². The van der Waals surface area contributed by atoms with E-state index in [4.69, 9.17) is 4.99 Å². The van der Waals surface area contributed by atoms with Crippen LogP contribution in [0.15, 0.2) is 4.99 Å². The number of hydrogen-bond acceptors (Lipinski definition) is 4. The van der Waals surface area contributed by atoms with E-state index in [1.807, 2.05) is 11.8 Å². The predicted molar refractivity (Wildman–Crippen MR) is 90.7 cm³/mol. The Bertz CT molecular complexity index is 320. The van der Waals surface area contributed by atoms with Gasteiger partial charge < -0.3 is 5.32 Å². The molecule has 0 radical (unpaired) electrons. The van der Waals surface area contributed by atoms with E-state index in [-0.39, 0.29) is 0 Å². The van der Waals surface area contributed by atoms with E-state index in [1.54, 1.807) is 0 Å². The van der Waals surface area contributed by atoms with Crippen molar-refractivity contribution in [1.29, 1.82) is 0 Å². The van der Waals surface area contributed by atoms with Gasteiger partial charge in [0.05, 0.1) is 0 Å². The largest absolute Gasteiger partial charge is 0.363 e. The van der Waals surface area contributed by atoms with Crippen molar-refractivity contribution in [1.82, 2.24) is 10.2 Å². The highest BCUT2D eigenvalue weighted by Crippen LogP contribution is 2.34. The van der Waals surface area contributed by atoms with Crippen LogP contribution in [0, 0.1) is 5.41 Å². The number of nitrogens with zero attached hydrogens (tertiary/aromatic N) is 2. The highest BCUT2D eigenvalue weighted by Gasteiger charge is 2.30. The fourth-order valence-corrected chi connectivity index (χ4v) is 4.34. The van der Waals surface area contributed by atoms with Crippen molar-refractivity contribution in [3.63, 3.8) is 0 Å². The van der Waals surface area contributed by atoms with Crippen LogP contribution in [0.4, 0.5) is 0 Å². The molecule has 1 unspecified atom stereocenters. The Balaban J connectivity index is 1.75. The molecule has 2 aliphatic rings. The molecule has 0 saturated carbocycles. The lowest BCUT2D eigenvalue weighted by atomic mass is 9.84. The van der Waals surface area contributed by atoms with Crippen LogP contribution < -0.4 is 5.32 Å². The summed E-state index contributed by atoms with van der Waals surface area (Å²) < 4.78 is 0. The summed E-state index contributed by atoms with van der Waals surface area (Å²) >= 11 is 1.93. The van der Waals surface area contributed by atoms with Crippen molar-refractivity contribution in [3.05, 3.63) is 0 Å². The molecule has 0 aromatic rings. The van der Waals surface area contributed by atoms with Gasteiger partial charge in [-0.2, -0.15) is 0 Å². The highest BCUT2D eigenvalue weighted by molar-refractivity contribution is 8.13. The normalized spacial score (nSPS) is 25.1. The van der Waals surface area contributed by atoms with Crippen molar-refractivity contribution >= 4 is 16.9 Å². The molecule has 0 spiro atoms.